The quantitative estimate of drug-likeness (QED) is 0.805. The van der Waals surface area contributed by atoms with Crippen molar-refractivity contribution in [2.45, 2.75) is 37.6 Å². The van der Waals surface area contributed by atoms with E-state index in [4.69, 9.17) is 4.74 Å². The monoisotopic (exact) mass is 355 g/mol. The highest BCUT2D eigenvalue weighted by atomic mass is 19.1. The zero-order valence-corrected chi connectivity index (χ0v) is 14.7. The molecule has 1 N–H and O–H groups in total. The van der Waals surface area contributed by atoms with Gasteiger partial charge in [0.05, 0.1) is 11.5 Å². The van der Waals surface area contributed by atoms with Crippen LogP contribution in [0.4, 0.5) is 4.39 Å². The molecule has 136 valence electrons. The summed E-state index contributed by atoms with van der Waals surface area (Å²) in [6, 6.07) is 15.3. The molecule has 3 rings (SSSR count). The Hall–Kier alpha value is -2.69. The maximum atomic E-state index is 13.1. The molecule has 1 amide bonds. The standard InChI is InChI=1S/C21H22FNO3/c1-15(16-6-3-2-4-7-16)23-19(24)14-26-20(25)21(12-5-13-21)17-8-10-18(22)11-9-17/h2-4,6-11,15H,5,12-14H2,1H3,(H,23,24). The molecule has 1 fully saturated rings. The summed E-state index contributed by atoms with van der Waals surface area (Å²) in [5, 5.41) is 2.82. The maximum Gasteiger partial charge on any atom is 0.317 e. The van der Waals surface area contributed by atoms with E-state index in [0.717, 1.165) is 17.5 Å². The van der Waals surface area contributed by atoms with Crippen molar-refractivity contribution >= 4 is 11.9 Å². The molecule has 0 aliphatic heterocycles. The van der Waals surface area contributed by atoms with E-state index in [1.165, 1.54) is 12.1 Å². The lowest BCUT2D eigenvalue weighted by Crippen LogP contribution is -2.45. The zero-order chi connectivity index (χ0) is 18.6. The van der Waals surface area contributed by atoms with Crippen molar-refractivity contribution in [1.29, 1.82) is 0 Å². The normalized spacial score (nSPS) is 16.2. The largest absolute Gasteiger partial charge is 0.455 e. The van der Waals surface area contributed by atoms with Gasteiger partial charge in [0.1, 0.15) is 5.82 Å². The minimum Gasteiger partial charge on any atom is -0.455 e. The third-order valence-corrected chi connectivity index (χ3v) is 5.01. The Morgan fingerprint density at radius 1 is 1.12 bits per heavy atom. The minimum absolute atomic E-state index is 0.169. The third kappa shape index (κ3) is 3.77. The van der Waals surface area contributed by atoms with Gasteiger partial charge in [-0.15, -0.1) is 0 Å². The number of benzene rings is 2. The second kappa shape index (κ2) is 7.68. The number of halogens is 1. The second-order valence-corrected chi connectivity index (χ2v) is 6.72. The summed E-state index contributed by atoms with van der Waals surface area (Å²) in [4.78, 5) is 24.7. The lowest BCUT2D eigenvalue weighted by Gasteiger charge is -2.39. The van der Waals surface area contributed by atoms with Gasteiger partial charge in [-0.2, -0.15) is 0 Å². The van der Waals surface area contributed by atoms with Gasteiger partial charge in [-0.25, -0.2) is 4.39 Å². The summed E-state index contributed by atoms with van der Waals surface area (Å²) in [7, 11) is 0. The van der Waals surface area contributed by atoms with E-state index in [0.29, 0.717) is 12.8 Å². The molecule has 2 aromatic carbocycles. The molecule has 0 aromatic heterocycles. The van der Waals surface area contributed by atoms with Gasteiger partial charge in [-0.05, 0) is 43.0 Å². The van der Waals surface area contributed by atoms with Crippen LogP contribution in [0.2, 0.25) is 0 Å². The van der Waals surface area contributed by atoms with Gasteiger partial charge in [0.2, 0.25) is 0 Å². The van der Waals surface area contributed by atoms with Crippen molar-refractivity contribution in [2.75, 3.05) is 6.61 Å². The number of carbonyl (C=O) groups is 2. The molecule has 0 radical (unpaired) electrons. The fourth-order valence-corrected chi connectivity index (χ4v) is 3.29. The number of carbonyl (C=O) groups excluding carboxylic acids is 2. The summed E-state index contributed by atoms with van der Waals surface area (Å²) in [5.74, 6) is -1.10. The Kier molecular flexibility index (Phi) is 5.35. The minimum atomic E-state index is -0.751. The van der Waals surface area contributed by atoms with Crippen LogP contribution in [0, 0.1) is 5.82 Å². The van der Waals surface area contributed by atoms with E-state index in [-0.39, 0.29) is 24.4 Å². The van der Waals surface area contributed by atoms with Crippen molar-refractivity contribution in [3.8, 4) is 0 Å². The van der Waals surface area contributed by atoms with Crippen LogP contribution in [0.25, 0.3) is 0 Å². The highest BCUT2D eigenvalue weighted by Gasteiger charge is 2.47. The summed E-state index contributed by atoms with van der Waals surface area (Å²) < 4.78 is 18.4. The Morgan fingerprint density at radius 2 is 1.77 bits per heavy atom. The van der Waals surface area contributed by atoms with Crippen LogP contribution >= 0.6 is 0 Å². The molecule has 1 aliphatic rings. The molecular weight excluding hydrogens is 333 g/mol. The Balaban J connectivity index is 1.57. The van der Waals surface area contributed by atoms with Gasteiger partial charge in [0.15, 0.2) is 6.61 Å². The number of hydrogen-bond donors (Lipinski definition) is 1. The number of hydrogen-bond acceptors (Lipinski definition) is 3. The van der Waals surface area contributed by atoms with Gasteiger partial charge in [0, 0.05) is 0 Å². The van der Waals surface area contributed by atoms with Crippen molar-refractivity contribution in [3.05, 3.63) is 71.5 Å². The highest BCUT2D eigenvalue weighted by Crippen LogP contribution is 2.44. The first-order chi connectivity index (χ1) is 12.5. The first-order valence-corrected chi connectivity index (χ1v) is 8.79. The van der Waals surface area contributed by atoms with Gasteiger partial charge in [0.25, 0.3) is 5.91 Å². The lowest BCUT2D eigenvalue weighted by molar-refractivity contribution is -0.157. The van der Waals surface area contributed by atoms with Gasteiger partial charge in [-0.3, -0.25) is 9.59 Å². The number of nitrogens with one attached hydrogen (secondary N) is 1. The van der Waals surface area contributed by atoms with Crippen LogP contribution in [-0.4, -0.2) is 18.5 Å². The van der Waals surface area contributed by atoms with Crippen LogP contribution in [0.15, 0.2) is 54.6 Å². The molecule has 0 bridgehead atoms. The molecule has 0 saturated heterocycles. The van der Waals surface area contributed by atoms with E-state index in [1.54, 1.807) is 12.1 Å². The molecule has 1 unspecified atom stereocenters. The molecule has 1 saturated carbocycles. The summed E-state index contributed by atoms with van der Waals surface area (Å²) in [6.45, 7) is 1.56. The molecule has 5 heteroatoms. The maximum absolute atomic E-state index is 13.1. The van der Waals surface area contributed by atoms with Gasteiger partial charge < -0.3 is 10.1 Å². The second-order valence-electron chi connectivity index (χ2n) is 6.72. The van der Waals surface area contributed by atoms with E-state index in [2.05, 4.69) is 5.32 Å². The number of rotatable bonds is 6. The fraction of sp³-hybridized carbons (Fsp3) is 0.333. The molecular formula is C21H22FNO3. The Morgan fingerprint density at radius 3 is 2.35 bits per heavy atom. The average Bonchev–Trinajstić information content (AvgIpc) is 2.61. The molecule has 1 atom stereocenters. The molecule has 1 aliphatic carbocycles. The van der Waals surface area contributed by atoms with Crippen LogP contribution < -0.4 is 5.32 Å². The predicted octanol–water partition coefficient (Wildman–Crippen LogP) is 3.67. The first-order valence-electron chi connectivity index (χ1n) is 8.79. The fourth-order valence-electron chi connectivity index (χ4n) is 3.29. The summed E-state index contributed by atoms with van der Waals surface area (Å²) in [5.41, 5.74) is 0.973. The van der Waals surface area contributed by atoms with Crippen LogP contribution in [0.3, 0.4) is 0 Å². The lowest BCUT2D eigenvalue weighted by atomic mass is 9.64. The van der Waals surface area contributed by atoms with E-state index in [1.807, 2.05) is 37.3 Å². The van der Waals surface area contributed by atoms with Crippen LogP contribution in [0.1, 0.15) is 43.4 Å². The smallest absolute Gasteiger partial charge is 0.317 e. The zero-order valence-electron chi connectivity index (χ0n) is 14.7. The van der Waals surface area contributed by atoms with Crippen LogP contribution in [0.5, 0.6) is 0 Å². The van der Waals surface area contributed by atoms with E-state index >= 15 is 0 Å². The molecule has 2 aromatic rings. The van der Waals surface area contributed by atoms with E-state index in [9.17, 15) is 14.0 Å². The topological polar surface area (TPSA) is 55.4 Å². The third-order valence-electron chi connectivity index (χ3n) is 5.01. The molecule has 0 spiro atoms. The Labute approximate surface area is 152 Å². The predicted molar refractivity (Wildman–Crippen MR) is 95.9 cm³/mol. The van der Waals surface area contributed by atoms with Crippen molar-refractivity contribution in [1.82, 2.24) is 5.32 Å². The summed E-state index contributed by atoms with van der Waals surface area (Å²) >= 11 is 0. The van der Waals surface area contributed by atoms with Gasteiger partial charge in [-0.1, -0.05) is 48.9 Å². The van der Waals surface area contributed by atoms with Gasteiger partial charge >= 0.3 is 5.97 Å². The molecule has 4 nitrogen and oxygen atoms in total. The Bertz CT molecular complexity index is 770. The highest BCUT2D eigenvalue weighted by molar-refractivity contribution is 5.87. The van der Waals surface area contributed by atoms with E-state index < -0.39 is 11.4 Å². The van der Waals surface area contributed by atoms with Crippen molar-refractivity contribution < 1.29 is 18.7 Å². The number of amides is 1. The molecule has 26 heavy (non-hydrogen) atoms. The molecule has 0 heterocycles. The number of ether oxygens (including phenoxy) is 1. The first kappa shape index (κ1) is 18.1. The number of esters is 1. The van der Waals surface area contributed by atoms with Crippen molar-refractivity contribution in [2.24, 2.45) is 0 Å². The average molecular weight is 355 g/mol. The van der Waals surface area contributed by atoms with Crippen molar-refractivity contribution in [3.63, 3.8) is 0 Å². The van der Waals surface area contributed by atoms with Crippen LogP contribution in [-0.2, 0) is 19.7 Å². The SMILES string of the molecule is CC(NC(=O)COC(=O)C1(c2ccc(F)cc2)CCC1)c1ccccc1. The summed E-state index contributed by atoms with van der Waals surface area (Å²) in [6.07, 6.45) is 2.21.